The van der Waals surface area contributed by atoms with E-state index in [0.717, 1.165) is 5.75 Å². The topological polar surface area (TPSA) is 44.2 Å². The molecule has 4 nitrogen and oxygen atoms in total. The molecule has 0 aliphatic carbocycles. The van der Waals surface area contributed by atoms with Crippen LogP contribution in [0.3, 0.4) is 0 Å². The summed E-state index contributed by atoms with van der Waals surface area (Å²) >= 11 is 0. The predicted molar refractivity (Wildman–Crippen MR) is 59.7 cm³/mol. The van der Waals surface area contributed by atoms with Crippen LogP contribution in [-0.2, 0) is 0 Å². The van der Waals surface area contributed by atoms with Gasteiger partial charge in [0.1, 0.15) is 12.1 Å². The van der Waals surface area contributed by atoms with Crippen LogP contribution in [0, 0.1) is 0 Å². The minimum absolute atomic E-state index is 0.477. The second-order valence-corrected chi connectivity index (χ2v) is 3.04. The lowest BCUT2D eigenvalue weighted by Gasteiger charge is -2.05. The fourth-order valence-corrected chi connectivity index (χ4v) is 1.21. The maximum absolute atomic E-state index is 5.53. The van der Waals surface area contributed by atoms with Crippen LogP contribution in [-0.4, -0.2) is 16.6 Å². The van der Waals surface area contributed by atoms with Crippen molar-refractivity contribution in [2.24, 2.45) is 0 Å². The second-order valence-electron chi connectivity index (χ2n) is 3.04. The molecule has 1 aromatic carbocycles. The van der Waals surface area contributed by atoms with Gasteiger partial charge >= 0.3 is 0 Å². The monoisotopic (exact) mass is 216 g/mol. The Bertz CT molecular complexity index is 446. The Balaban J connectivity index is 2.12. The molecular weight excluding hydrogens is 204 g/mol. The van der Waals surface area contributed by atoms with Crippen LogP contribution >= 0.6 is 0 Å². The first kappa shape index (κ1) is 10.4. The molecule has 0 atom stereocenters. The van der Waals surface area contributed by atoms with E-state index >= 15 is 0 Å². The molecule has 0 aliphatic rings. The van der Waals surface area contributed by atoms with E-state index in [0.29, 0.717) is 18.4 Å². The molecule has 0 saturated heterocycles. The maximum atomic E-state index is 5.53. The normalized spacial score (nSPS) is 9.81. The van der Waals surface area contributed by atoms with Crippen molar-refractivity contribution in [3.63, 3.8) is 0 Å². The van der Waals surface area contributed by atoms with Gasteiger partial charge in [-0.3, -0.25) is 0 Å². The van der Waals surface area contributed by atoms with Crippen molar-refractivity contribution >= 4 is 0 Å². The molecule has 82 valence electrons. The van der Waals surface area contributed by atoms with Gasteiger partial charge in [0.05, 0.1) is 12.7 Å². The highest BCUT2D eigenvalue weighted by molar-refractivity contribution is 5.28. The molecule has 0 N–H and O–H groups in total. The van der Waals surface area contributed by atoms with Crippen LogP contribution in [0.15, 0.2) is 42.7 Å². The molecule has 0 saturated carbocycles. The van der Waals surface area contributed by atoms with Crippen LogP contribution in [0.5, 0.6) is 17.5 Å². The Hall–Kier alpha value is -2.10. The maximum Gasteiger partial charge on any atom is 0.226 e. The van der Waals surface area contributed by atoms with Crippen molar-refractivity contribution in [1.29, 1.82) is 0 Å². The van der Waals surface area contributed by atoms with Gasteiger partial charge in [-0.1, -0.05) is 18.2 Å². The summed E-state index contributed by atoms with van der Waals surface area (Å²) in [7, 11) is 0. The van der Waals surface area contributed by atoms with Crippen molar-refractivity contribution < 1.29 is 9.47 Å². The van der Waals surface area contributed by atoms with Crippen molar-refractivity contribution in [3.05, 3.63) is 42.7 Å². The summed E-state index contributed by atoms with van der Waals surface area (Å²) in [5, 5.41) is 0. The minimum Gasteiger partial charge on any atom is -0.478 e. The third kappa shape index (κ3) is 2.70. The number of hydrogen-bond donors (Lipinski definition) is 0. The second kappa shape index (κ2) is 5.11. The average molecular weight is 216 g/mol. The van der Waals surface area contributed by atoms with E-state index in [4.69, 9.17) is 9.47 Å². The summed E-state index contributed by atoms with van der Waals surface area (Å²) in [6.07, 6.45) is 1.42. The van der Waals surface area contributed by atoms with Gasteiger partial charge in [0.25, 0.3) is 0 Å². The molecule has 4 heteroatoms. The van der Waals surface area contributed by atoms with Gasteiger partial charge in [-0.05, 0) is 19.1 Å². The fourth-order valence-electron chi connectivity index (χ4n) is 1.21. The summed E-state index contributed by atoms with van der Waals surface area (Å²) < 4.78 is 10.8. The molecule has 2 aromatic rings. The van der Waals surface area contributed by atoms with Gasteiger partial charge in [-0.2, -0.15) is 0 Å². The molecule has 0 unspecified atom stereocenters. The quantitative estimate of drug-likeness (QED) is 0.788. The van der Waals surface area contributed by atoms with Crippen LogP contribution < -0.4 is 9.47 Å². The summed E-state index contributed by atoms with van der Waals surface area (Å²) in [6.45, 7) is 2.47. The molecule has 0 radical (unpaired) electrons. The van der Waals surface area contributed by atoms with Crippen molar-refractivity contribution in [2.75, 3.05) is 6.61 Å². The first-order valence-electron chi connectivity index (χ1n) is 5.06. The van der Waals surface area contributed by atoms with E-state index in [9.17, 15) is 0 Å². The largest absolute Gasteiger partial charge is 0.478 e. The number of hydrogen-bond acceptors (Lipinski definition) is 4. The zero-order valence-corrected chi connectivity index (χ0v) is 8.96. The molecule has 1 aromatic heterocycles. The van der Waals surface area contributed by atoms with Gasteiger partial charge in [0.2, 0.25) is 11.8 Å². The summed E-state index contributed by atoms with van der Waals surface area (Å²) in [6, 6.07) is 11.1. The summed E-state index contributed by atoms with van der Waals surface area (Å²) in [4.78, 5) is 7.96. The first-order valence-corrected chi connectivity index (χ1v) is 5.06. The third-order valence-electron chi connectivity index (χ3n) is 1.87. The Morgan fingerprint density at radius 2 is 1.81 bits per heavy atom. The average Bonchev–Trinajstić information content (AvgIpc) is 2.31. The molecular formula is C12H12N2O2. The number of aromatic nitrogens is 2. The smallest absolute Gasteiger partial charge is 0.226 e. The van der Waals surface area contributed by atoms with E-state index in [-0.39, 0.29) is 0 Å². The zero-order chi connectivity index (χ0) is 11.2. The number of benzene rings is 1. The number of nitrogens with zero attached hydrogens (tertiary/aromatic N) is 2. The van der Waals surface area contributed by atoms with E-state index in [2.05, 4.69) is 9.97 Å². The number of rotatable bonds is 4. The Morgan fingerprint density at radius 3 is 2.56 bits per heavy atom. The Labute approximate surface area is 93.9 Å². The highest BCUT2D eigenvalue weighted by atomic mass is 16.5. The van der Waals surface area contributed by atoms with E-state index in [1.54, 1.807) is 6.07 Å². The Kier molecular flexibility index (Phi) is 3.33. The van der Waals surface area contributed by atoms with Crippen molar-refractivity contribution in [3.8, 4) is 17.5 Å². The van der Waals surface area contributed by atoms with Crippen molar-refractivity contribution in [2.45, 2.75) is 6.92 Å². The SMILES string of the molecule is CCOc1cc(Oc2ccccc2)ncn1. The van der Waals surface area contributed by atoms with Gasteiger partial charge in [-0.25, -0.2) is 9.97 Å². The van der Waals surface area contributed by atoms with Crippen molar-refractivity contribution in [1.82, 2.24) is 9.97 Å². The van der Waals surface area contributed by atoms with Gasteiger partial charge in [-0.15, -0.1) is 0 Å². The molecule has 0 bridgehead atoms. The summed E-state index contributed by atoms with van der Waals surface area (Å²) in [5.41, 5.74) is 0. The van der Waals surface area contributed by atoms with Gasteiger partial charge < -0.3 is 9.47 Å². The lowest BCUT2D eigenvalue weighted by atomic mass is 10.3. The zero-order valence-electron chi connectivity index (χ0n) is 8.96. The molecule has 1 heterocycles. The molecule has 0 fully saturated rings. The first-order chi connectivity index (χ1) is 7.88. The lowest BCUT2D eigenvalue weighted by Crippen LogP contribution is -1.96. The number of ether oxygens (including phenoxy) is 2. The van der Waals surface area contributed by atoms with Crippen LogP contribution in [0.2, 0.25) is 0 Å². The summed E-state index contributed by atoms with van der Waals surface area (Å²) in [5.74, 6) is 1.73. The van der Waals surface area contributed by atoms with E-state index in [1.165, 1.54) is 6.33 Å². The Morgan fingerprint density at radius 1 is 1.06 bits per heavy atom. The van der Waals surface area contributed by atoms with E-state index in [1.807, 2.05) is 37.3 Å². The minimum atomic E-state index is 0.477. The molecule has 0 amide bonds. The van der Waals surface area contributed by atoms with Gasteiger partial charge in [0.15, 0.2) is 0 Å². The standard InChI is InChI=1S/C12H12N2O2/c1-2-15-11-8-12(14-9-13-11)16-10-6-4-3-5-7-10/h3-9H,2H2,1H3. The molecule has 0 aliphatic heterocycles. The van der Waals surface area contributed by atoms with E-state index < -0.39 is 0 Å². The number of para-hydroxylation sites is 1. The predicted octanol–water partition coefficient (Wildman–Crippen LogP) is 2.67. The molecule has 0 spiro atoms. The van der Waals surface area contributed by atoms with Crippen LogP contribution in [0.4, 0.5) is 0 Å². The third-order valence-corrected chi connectivity index (χ3v) is 1.87. The van der Waals surface area contributed by atoms with Crippen LogP contribution in [0.25, 0.3) is 0 Å². The molecule has 2 rings (SSSR count). The highest BCUT2D eigenvalue weighted by Crippen LogP contribution is 2.20. The lowest BCUT2D eigenvalue weighted by molar-refractivity contribution is 0.322. The molecule has 16 heavy (non-hydrogen) atoms. The fraction of sp³-hybridized carbons (Fsp3) is 0.167. The van der Waals surface area contributed by atoms with Gasteiger partial charge in [0, 0.05) is 0 Å². The van der Waals surface area contributed by atoms with Crippen LogP contribution in [0.1, 0.15) is 6.92 Å². The highest BCUT2D eigenvalue weighted by Gasteiger charge is 2.01.